The Bertz CT molecular complexity index is 715. The Morgan fingerprint density at radius 1 is 1.33 bits per heavy atom. The van der Waals surface area contributed by atoms with Gasteiger partial charge in [-0.05, 0) is 12.5 Å². The summed E-state index contributed by atoms with van der Waals surface area (Å²) in [5, 5.41) is 6.80. The molecule has 2 fully saturated rings. The summed E-state index contributed by atoms with van der Waals surface area (Å²) in [6, 6.07) is 10.7. The van der Waals surface area contributed by atoms with E-state index in [-0.39, 0.29) is 18.1 Å². The van der Waals surface area contributed by atoms with Crippen molar-refractivity contribution in [1.82, 2.24) is 20.0 Å². The van der Waals surface area contributed by atoms with Crippen LogP contribution in [0.4, 0.5) is 0 Å². The van der Waals surface area contributed by atoms with Crippen LogP contribution in [0.25, 0.3) is 0 Å². The molecule has 2 atom stereocenters. The van der Waals surface area contributed by atoms with E-state index in [0.717, 1.165) is 25.4 Å². The van der Waals surface area contributed by atoms with Crippen molar-refractivity contribution in [3.63, 3.8) is 0 Å². The van der Waals surface area contributed by atoms with Crippen molar-refractivity contribution in [2.24, 2.45) is 0 Å². The summed E-state index contributed by atoms with van der Waals surface area (Å²) in [6.07, 6.45) is 1.71. The first-order valence-electron chi connectivity index (χ1n) is 8.41. The summed E-state index contributed by atoms with van der Waals surface area (Å²) in [5.74, 6) is 0.0407. The molecule has 4 rings (SSSR count). The largest absolute Gasteiger partial charge is 0.373 e. The molecule has 1 aromatic carbocycles. The van der Waals surface area contributed by atoms with Crippen LogP contribution in [0.2, 0.25) is 0 Å². The zero-order valence-electron chi connectivity index (χ0n) is 13.8. The molecule has 6 heteroatoms. The quantitative estimate of drug-likeness (QED) is 0.927. The van der Waals surface area contributed by atoms with Gasteiger partial charge in [0, 0.05) is 31.9 Å². The number of hydrogen-bond acceptors (Lipinski definition) is 4. The van der Waals surface area contributed by atoms with Gasteiger partial charge in [0.1, 0.15) is 0 Å². The third-order valence-corrected chi connectivity index (χ3v) is 4.99. The van der Waals surface area contributed by atoms with Gasteiger partial charge in [-0.1, -0.05) is 30.3 Å². The van der Waals surface area contributed by atoms with Gasteiger partial charge in [-0.3, -0.25) is 14.8 Å². The third kappa shape index (κ3) is 2.83. The number of rotatable bonds is 3. The Labute approximate surface area is 141 Å². The van der Waals surface area contributed by atoms with Crippen LogP contribution in [0, 0.1) is 6.92 Å². The zero-order valence-corrected chi connectivity index (χ0v) is 13.8. The molecule has 1 aromatic heterocycles. The summed E-state index contributed by atoms with van der Waals surface area (Å²) in [4.78, 5) is 17.1. The monoisotopic (exact) mass is 326 g/mol. The number of fused-ring (bicyclic) bond motifs is 1. The van der Waals surface area contributed by atoms with Crippen molar-refractivity contribution in [2.75, 3.05) is 26.2 Å². The maximum Gasteiger partial charge on any atom is 0.257 e. The van der Waals surface area contributed by atoms with E-state index in [0.29, 0.717) is 18.7 Å². The average Bonchev–Trinajstić information content (AvgIpc) is 3.22. The van der Waals surface area contributed by atoms with Gasteiger partial charge in [-0.15, -0.1) is 0 Å². The van der Waals surface area contributed by atoms with Gasteiger partial charge in [-0.25, -0.2) is 0 Å². The number of H-pyrrole nitrogens is 1. The number of aromatic amines is 1. The number of morpholine rings is 1. The number of nitrogens with zero attached hydrogens (tertiary/aromatic N) is 3. The van der Waals surface area contributed by atoms with Crippen LogP contribution in [0.5, 0.6) is 0 Å². The Kier molecular flexibility index (Phi) is 4.08. The smallest absolute Gasteiger partial charge is 0.257 e. The highest BCUT2D eigenvalue weighted by Crippen LogP contribution is 2.26. The minimum absolute atomic E-state index is 0.0407. The molecule has 0 unspecified atom stereocenters. The molecule has 126 valence electrons. The lowest BCUT2D eigenvalue weighted by Crippen LogP contribution is -2.50. The molecule has 0 aliphatic carbocycles. The van der Waals surface area contributed by atoms with Crippen molar-refractivity contribution in [2.45, 2.75) is 25.6 Å². The molecule has 0 bridgehead atoms. The van der Waals surface area contributed by atoms with Crippen LogP contribution in [-0.4, -0.2) is 64.3 Å². The summed E-state index contributed by atoms with van der Waals surface area (Å²) < 4.78 is 5.94. The molecule has 6 nitrogen and oxygen atoms in total. The molecule has 2 aromatic rings. The highest BCUT2D eigenvalue weighted by molar-refractivity contribution is 5.95. The van der Waals surface area contributed by atoms with Gasteiger partial charge >= 0.3 is 0 Å². The zero-order chi connectivity index (χ0) is 16.5. The number of carbonyl (C=O) groups is 1. The molecule has 2 aliphatic rings. The molecule has 1 N–H and O–H groups in total. The Balaban J connectivity index is 1.48. The normalized spacial score (nSPS) is 24.1. The molecule has 2 saturated heterocycles. The van der Waals surface area contributed by atoms with E-state index in [2.05, 4.69) is 39.4 Å². The first-order chi connectivity index (χ1) is 11.7. The van der Waals surface area contributed by atoms with E-state index in [1.165, 1.54) is 5.56 Å². The maximum absolute atomic E-state index is 12.7. The number of aryl methyl sites for hydroxylation is 1. The van der Waals surface area contributed by atoms with Crippen molar-refractivity contribution in [3.8, 4) is 0 Å². The second kappa shape index (κ2) is 6.37. The fourth-order valence-electron chi connectivity index (χ4n) is 3.68. The Morgan fingerprint density at radius 3 is 2.92 bits per heavy atom. The van der Waals surface area contributed by atoms with Crippen molar-refractivity contribution >= 4 is 5.91 Å². The second-order valence-electron chi connectivity index (χ2n) is 6.55. The highest BCUT2D eigenvalue weighted by atomic mass is 16.5. The molecule has 3 heterocycles. The first-order valence-corrected chi connectivity index (χ1v) is 8.41. The van der Waals surface area contributed by atoms with E-state index in [4.69, 9.17) is 4.74 Å². The van der Waals surface area contributed by atoms with Crippen LogP contribution >= 0.6 is 0 Å². The van der Waals surface area contributed by atoms with Gasteiger partial charge < -0.3 is 9.64 Å². The summed E-state index contributed by atoms with van der Waals surface area (Å²) in [6.45, 7) is 5.77. The number of nitrogens with one attached hydrogen (secondary N) is 1. The van der Waals surface area contributed by atoms with Gasteiger partial charge in [-0.2, -0.15) is 5.10 Å². The van der Waals surface area contributed by atoms with E-state index < -0.39 is 0 Å². The fourth-order valence-corrected chi connectivity index (χ4v) is 3.68. The highest BCUT2D eigenvalue weighted by Gasteiger charge is 2.42. The van der Waals surface area contributed by atoms with Crippen LogP contribution in [0.15, 0.2) is 36.5 Å². The summed E-state index contributed by atoms with van der Waals surface area (Å²) >= 11 is 0. The minimum Gasteiger partial charge on any atom is -0.373 e. The molecule has 1 amide bonds. The van der Waals surface area contributed by atoms with Crippen LogP contribution in [0.3, 0.4) is 0 Å². The number of ether oxygens (including phenoxy) is 1. The van der Waals surface area contributed by atoms with Crippen LogP contribution < -0.4 is 0 Å². The number of carbonyl (C=O) groups excluding carboxylic acids is 1. The van der Waals surface area contributed by atoms with Crippen molar-refractivity contribution in [1.29, 1.82) is 0 Å². The predicted molar refractivity (Wildman–Crippen MR) is 89.6 cm³/mol. The number of amides is 1. The molecule has 0 radical (unpaired) electrons. The number of likely N-dealkylation sites (tertiary alicyclic amines) is 1. The molecular formula is C18H22N4O2. The second-order valence-corrected chi connectivity index (χ2v) is 6.55. The Hall–Kier alpha value is -2.18. The van der Waals surface area contributed by atoms with E-state index >= 15 is 0 Å². The van der Waals surface area contributed by atoms with E-state index in [1.54, 1.807) is 6.20 Å². The fraction of sp³-hybridized carbons (Fsp3) is 0.444. The van der Waals surface area contributed by atoms with Gasteiger partial charge in [0.25, 0.3) is 5.91 Å². The first kappa shape index (κ1) is 15.4. The number of aromatic nitrogens is 2. The lowest BCUT2D eigenvalue weighted by molar-refractivity contribution is -0.0503. The lowest BCUT2D eigenvalue weighted by atomic mass is 10.1. The van der Waals surface area contributed by atoms with Crippen molar-refractivity contribution < 1.29 is 9.53 Å². The molecule has 0 saturated carbocycles. The van der Waals surface area contributed by atoms with Crippen LogP contribution in [0.1, 0.15) is 21.6 Å². The average molecular weight is 326 g/mol. The molecule has 24 heavy (non-hydrogen) atoms. The third-order valence-electron chi connectivity index (χ3n) is 4.99. The number of benzene rings is 1. The molecule has 0 spiro atoms. The molecule has 2 aliphatic heterocycles. The van der Waals surface area contributed by atoms with Crippen LogP contribution in [-0.2, 0) is 11.3 Å². The van der Waals surface area contributed by atoms with E-state index in [9.17, 15) is 4.79 Å². The minimum atomic E-state index is 0.0407. The number of hydrogen-bond donors (Lipinski definition) is 1. The summed E-state index contributed by atoms with van der Waals surface area (Å²) in [5.41, 5.74) is 2.77. The van der Waals surface area contributed by atoms with Gasteiger partial charge in [0.05, 0.1) is 30.5 Å². The Morgan fingerprint density at radius 2 is 2.17 bits per heavy atom. The van der Waals surface area contributed by atoms with E-state index in [1.807, 2.05) is 17.9 Å². The van der Waals surface area contributed by atoms with Gasteiger partial charge in [0.15, 0.2) is 0 Å². The predicted octanol–water partition coefficient (Wildman–Crippen LogP) is 1.44. The maximum atomic E-state index is 12.7. The van der Waals surface area contributed by atoms with Gasteiger partial charge in [0.2, 0.25) is 0 Å². The SMILES string of the molecule is Cc1[nH]ncc1C(=O)N1C[C@H]2OCCN(Cc3ccccc3)[C@H]2C1. The standard InChI is InChI=1S/C18H22N4O2/c1-13-15(9-19-20-13)18(23)22-11-16-17(12-22)24-8-7-21(16)10-14-5-3-2-4-6-14/h2-6,9,16-17H,7-8,10-12H2,1H3,(H,19,20)/t16-,17+/m0/s1. The van der Waals surface area contributed by atoms with Crippen molar-refractivity contribution in [3.05, 3.63) is 53.3 Å². The summed E-state index contributed by atoms with van der Waals surface area (Å²) in [7, 11) is 0. The lowest BCUT2D eigenvalue weighted by Gasteiger charge is -2.36. The topological polar surface area (TPSA) is 61.5 Å². The molecular weight excluding hydrogens is 304 g/mol.